The maximum atomic E-state index is 12.4. The molecule has 1 aromatic rings. The summed E-state index contributed by atoms with van der Waals surface area (Å²) in [5, 5.41) is 3.28. The number of thioether (sulfide) groups is 1. The lowest BCUT2D eigenvalue weighted by molar-refractivity contribution is 0.234. The summed E-state index contributed by atoms with van der Waals surface area (Å²) in [5.41, 5.74) is 0.753. The standard InChI is InChI=1S/C14H19F2NO2S2/c1-20-14(8-2-3-9-14)10-17-11-4-6-12(7-5-11)21(18,19)13(15)16/h4-7,13,17H,2-3,8-10H2,1H3. The van der Waals surface area contributed by atoms with Crippen LogP contribution in [0.15, 0.2) is 29.2 Å². The predicted octanol–water partition coefficient (Wildman–Crippen LogP) is 3.77. The van der Waals surface area contributed by atoms with Gasteiger partial charge in [0.1, 0.15) is 0 Å². The molecule has 0 aromatic heterocycles. The first-order valence-corrected chi connectivity index (χ1v) is 9.58. The Morgan fingerprint density at radius 3 is 2.29 bits per heavy atom. The zero-order chi connectivity index (χ0) is 15.5. The van der Waals surface area contributed by atoms with Gasteiger partial charge in [0.05, 0.1) is 4.90 Å². The van der Waals surface area contributed by atoms with Crippen molar-refractivity contribution in [3.63, 3.8) is 0 Å². The largest absolute Gasteiger partial charge is 0.384 e. The van der Waals surface area contributed by atoms with E-state index in [2.05, 4.69) is 11.6 Å². The molecule has 1 saturated carbocycles. The third-order valence-corrected chi connectivity index (χ3v) is 6.80. The minimum absolute atomic E-state index is 0.230. The van der Waals surface area contributed by atoms with Gasteiger partial charge in [0, 0.05) is 17.0 Å². The zero-order valence-electron chi connectivity index (χ0n) is 11.8. The number of benzene rings is 1. The Morgan fingerprint density at radius 1 is 1.24 bits per heavy atom. The Bertz CT molecular complexity index is 567. The molecule has 1 N–H and O–H groups in total. The predicted molar refractivity (Wildman–Crippen MR) is 82.8 cm³/mol. The van der Waals surface area contributed by atoms with Crippen LogP contribution in [-0.4, -0.2) is 31.7 Å². The topological polar surface area (TPSA) is 46.2 Å². The van der Waals surface area contributed by atoms with Crippen molar-refractivity contribution in [3.8, 4) is 0 Å². The van der Waals surface area contributed by atoms with E-state index in [-0.39, 0.29) is 9.64 Å². The van der Waals surface area contributed by atoms with Crippen molar-refractivity contribution in [3.05, 3.63) is 24.3 Å². The SMILES string of the molecule is CSC1(CNc2ccc(S(=O)(=O)C(F)F)cc2)CCCC1. The Balaban J connectivity index is 2.03. The number of rotatable bonds is 6. The fourth-order valence-corrected chi connectivity index (χ4v) is 4.24. The number of hydrogen-bond donors (Lipinski definition) is 1. The summed E-state index contributed by atoms with van der Waals surface area (Å²) in [6.45, 7) is 0.801. The molecule has 0 bridgehead atoms. The van der Waals surface area contributed by atoms with E-state index in [0.29, 0.717) is 0 Å². The number of nitrogens with one attached hydrogen (secondary N) is 1. The molecule has 1 aliphatic carbocycles. The van der Waals surface area contributed by atoms with Gasteiger partial charge in [0.2, 0.25) is 9.84 Å². The zero-order valence-corrected chi connectivity index (χ0v) is 13.4. The summed E-state index contributed by atoms with van der Waals surface area (Å²) < 4.78 is 47.8. The summed E-state index contributed by atoms with van der Waals surface area (Å²) in [5.74, 6) is -3.38. The lowest BCUT2D eigenvalue weighted by atomic mass is 10.1. The fraction of sp³-hybridized carbons (Fsp3) is 0.571. The molecule has 0 aliphatic heterocycles. The second-order valence-electron chi connectivity index (χ2n) is 5.28. The summed E-state index contributed by atoms with van der Waals surface area (Å²) in [6, 6.07) is 5.53. The molecule has 21 heavy (non-hydrogen) atoms. The lowest BCUT2D eigenvalue weighted by Gasteiger charge is -2.27. The van der Waals surface area contributed by atoms with Crippen molar-refractivity contribution >= 4 is 27.3 Å². The van der Waals surface area contributed by atoms with E-state index in [4.69, 9.17) is 0 Å². The van der Waals surface area contributed by atoms with Crippen molar-refractivity contribution in [2.24, 2.45) is 0 Å². The number of halogens is 2. The highest BCUT2D eigenvalue weighted by molar-refractivity contribution is 8.00. The van der Waals surface area contributed by atoms with E-state index in [0.717, 1.165) is 12.2 Å². The third-order valence-electron chi connectivity index (χ3n) is 3.98. The van der Waals surface area contributed by atoms with Crippen LogP contribution in [0.25, 0.3) is 0 Å². The molecule has 0 radical (unpaired) electrons. The van der Waals surface area contributed by atoms with Crippen LogP contribution in [-0.2, 0) is 9.84 Å². The Kier molecular flexibility index (Phi) is 5.14. The number of hydrogen-bond acceptors (Lipinski definition) is 4. The molecule has 0 atom stereocenters. The second-order valence-corrected chi connectivity index (χ2v) is 8.47. The van der Waals surface area contributed by atoms with Gasteiger partial charge in [-0.3, -0.25) is 0 Å². The minimum atomic E-state index is -4.51. The van der Waals surface area contributed by atoms with Gasteiger partial charge in [0.15, 0.2) is 0 Å². The van der Waals surface area contributed by atoms with Gasteiger partial charge in [-0.1, -0.05) is 12.8 Å². The van der Waals surface area contributed by atoms with Crippen molar-refractivity contribution in [1.82, 2.24) is 0 Å². The molecular formula is C14H19F2NO2S2. The summed E-state index contributed by atoms with van der Waals surface area (Å²) >= 11 is 1.85. The van der Waals surface area contributed by atoms with E-state index in [1.54, 1.807) is 0 Å². The van der Waals surface area contributed by atoms with Gasteiger partial charge in [-0.15, -0.1) is 0 Å². The van der Waals surface area contributed by atoms with E-state index in [1.807, 2.05) is 11.8 Å². The molecule has 0 unspecified atom stereocenters. The molecular weight excluding hydrogens is 316 g/mol. The van der Waals surface area contributed by atoms with Crippen LogP contribution in [0.1, 0.15) is 25.7 Å². The molecule has 1 aromatic carbocycles. The molecule has 1 aliphatic rings. The van der Waals surface area contributed by atoms with Crippen LogP contribution < -0.4 is 5.32 Å². The first-order valence-electron chi connectivity index (χ1n) is 6.81. The average molecular weight is 335 g/mol. The highest BCUT2D eigenvalue weighted by Gasteiger charge is 2.32. The van der Waals surface area contributed by atoms with Gasteiger partial charge in [-0.05, 0) is 43.4 Å². The molecule has 2 rings (SSSR count). The summed E-state index contributed by atoms with van der Waals surface area (Å²) in [4.78, 5) is -0.344. The van der Waals surface area contributed by atoms with E-state index < -0.39 is 15.6 Å². The number of sulfone groups is 1. The van der Waals surface area contributed by atoms with Gasteiger partial charge in [-0.2, -0.15) is 20.5 Å². The van der Waals surface area contributed by atoms with Crippen molar-refractivity contribution in [2.45, 2.75) is 41.1 Å². The average Bonchev–Trinajstić information content (AvgIpc) is 2.95. The second kappa shape index (κ2) is 6.52. The molecule has 1 fully saturated rings. The smallest absolute Gasteiger partial charge is 0.341 e. The molecule has 7 heteroatoms. The van der Waals surface area contributed by atoms with Crippen LogP contribution in [0.5, 0.6) is 0 Å². The van der Waals surface area contributed by atoms with E-state index in [1.165, 1.54) is 49.9 Å². The summed E-state index contributed by atoms with van der Waals surface area (Å²) in [6.07, 6.45) is 6.89. The van der Waals surface area contributed by atoms with Crippen LogP contribution in [0.4, 0.5) is 14.5 Å². The highest BCUT2D eigenvalue weighted by Crippen LogP contribution is 2.40. The molecule has 118 valence electrons. The quantitative estimate of drug-likeness (QED) is 0.859. The maximum Gasteiger partial charge on any atom is 0.341 e. The Morgan fingerprint density at radius 2 is 1.81 bits per heavy atom. The number of alkyl halides is 2. The number of anilines is 1. The van der Waals surface area contributed by atoms with Crippen LogP contribution in [0.3, 0.4) is 0 Å². The van der Waals surface area contributed by atoms with E-state index in [9.17, 15) is 17.2 Å². The van der Waals surface area contributed by atoms with Crippen LogP contribution >= 0.6 is 11.8 Å². The molecule has 3 nitrogen and oxygen atoms in total. The fourth-order valence-electron chi connectivity index (χ4n) is 2.60. The van der Waals surface area contributed by atoms with Crippen molar-refractivity contribution < 1.29 is 17.2 Å². The normalized spacial score (nSPS) is 18.1. The molecule has 0 heterocycles. The van der Waals surface area contributed by atoms with Gasteiger partial charge >= 0.3 is 5.76 Å². The van der Waals surface area contributed by atoms with Crippen molar-refractivity contribution in [1.29, 1.82) is 0 Å². The van der Waals surface area contributed by atoms with E-state index >= 15 is 0 Å². The first kappa shape index (κ1) is 16.5. The lowest BCUT2D eigenvalue weighted by Crippen LogP contribution is -2.29. The maximum absolute atomic E-state index is 12.4. The molecule has 0 amide bonds. The minimum Gasteiger partial charge on any atom is -0.384 e. The third kappa shape index (κ3) is 3.69. The van der Waals surface area contributed by atoms with Crippen molar-refractivity contribution in [2.75, 3.05) is 18.1 Å². The van der Waals surface area contributed by atoms with Gasteiger partial charge < -0.3 is 5.32 Å². The van der Waals surface area contributed by atoms with Gasteiger partial charge in [0.25, 0.3) is 0 Å². The monoisotopic (exact) mass is 335 g/mol. The van der Waals surface area contributed by atoms with Crippen LogP contribution in [0, 0.1) is 0 Å². The van der Waals surface area contributed by atoms with Crippen LogP contribution in [0.2, 0.25) is 0 Å². The first-order chi connectivity index (χ1) is 9.89. The summed E-state index contributed by atoms with van der Waals surface area (Å²) in [7, 11) is -4.51. The Labute approximate surface area is 128 Å². The molecule has 0 saturated heterocycles. The molecule has 0 spiro atoms. The highest BCUT2D eigenvalue weighted by atomic mass is 32.2. The Hall–Kier alpha value is -0.820. The van der Waals surface area contributed by atoms with Gasteiger partial charge in [-0.25, -0.2) is 8.42 Å².